The van der Waals surface area contributed by atoms with Gasteiger partial charge in [-0.1, -0.05) is 7.43 Å². The molecule has 0 saturated heterocycles. The molecule has 0 atom stereocenters. The Hall–Kier alpha value is -0.840. The van der Waals surface area contributed by atoms with E-state index in [0.717, 1.165) is 0 Å². The molecule has 0 aromatic carbocycles. The van der Waals surface area contributed by atoms with Gasteiger partial charge in [-0.25, -0.2) is 0 Å². The maximum atomic E-state index is 8.25. The molecule has 0 aromatic heterocycles. The zero-order valence-corrected chi connectivity index (χ0v) is 2.67. The zero-order valence-electron chi connectivity index (χ0n) is 2.67. The Morgan fingerprint density at radius 1 is 1.33 bits per heavy atom. The van der Waals surface area contributed by atoms with Gasteiger partial charge >= 0.3 is 0 Å². The van der Waals surface area contributed by atoms with Gasteiger partial charge < -0.3 is 21.5 Å². The van der Waals surface area contributed by atoms with Crippen LogP contribution in [-0.4, -0.2) is 5.09 Å². The van der Waals surface area contributed by atoms with E-state index >= 15 is 0 Å². The van der Waals surface area contributed by atoms with Gasteiger partial charge in [-0.3, -0.25) is 0 Å². The number of nitrogens with zero attached hydrogens (tertiary/aromatic N) is 1. The molecule has 0 saturated carbocycles. The largest absolute Gasteiger partial charge is 0.369 e. The van der Waals surface area contributed by atoms with Crippen LogP contribution in [0.25, 0.3) is 0 Å². The van der Waals surface area contributed by atoms with E-state index < -0.39 is 5.09 Å². The summed E-state index contributed by atoms with van der Waals surface area (Å²) in [5.41, 5.74) is 0. The van der Waals surface area contributed by atoms with Gasteiger partial charge in [0.2, 0.25) is 0 Å². The lowest BCUT2D eigenvalue weighted by Gasteiger charge is -1.74. The fraction of sp³-hybridized carbons (Fsp3) is 1.00. The molecule has 0 aromatic rings. The lowest BCUT2D eigenvalue weighted by atomic mass is 12.0. The number of hydrogen-bond donors (Lipinski definition) is 1. The summed E-state index contributed by atoms with van der Waals surface area (Å²) in [5.74, 6) is 0. The van der Waals surface area contributed by atoms with E-state index in [1.807, 2.05) is 0 Å². The summed E-state index contributed by atoms with van der Waals surface area (Å²) in [4.78, 5) is 8.25. The van der Waals surface area contributed by atoms with Crippen LogP contribution in [0.15, 0.2) is 0 Å². The van der Waals surface area contributed by atoms with Crippen LogP contribution in [0.5, 0.6) is 0 Å². The average molecular weight is 96.1 g/mol. The lowest BCUT2D eigenvalue weighted by Crippen LogP contribution is -1.74. The van der Waals surface area contributed by atoms with Crippen LogP contribution in [0.3, 0.4) is 0 Å². The molecule has 6 heavy (non-hydrogen) atoms. The second-order valence-electron chi connectivity index (χ2n) is 0.224. The van der Waals surface area contributed by atoms with Gasteiger partial charge in [-0.15, -0.1) is 0 Å². The summed E-state index contributed by atoms with van der Waals surface area (Å²) >= 11 is 0. The van der Waals surface area contributed by atoms with Crippen LogP contribution >= 0.6 is 0 Å². The normalized spacial score (nSPS) is 4.00. The summed E-state index contributed by atoms with van der Waals surface area (Å²) in [6, 6.07) is 0. The summed E-state index contributed by atoms with van der Waals surface area (Å²) in [7, 11) is 0. The highest BCUT2D eigenvalue weighted by Crippen LogP contribution is 1.44. The SMILES string of the molecule is C.O=[N+]([O-])[O-].[NH4+]. The van der Waals surface area contributed by atoms with Crippen molar-refractivity contribution in [1.29, 1.82) is 0 Å². The van der Waals surface area contributed by atoms with Crippen molar-refractivity contribution in [3.05, 3.63) is 15.3 Å². The third-order valence-corrected chi connectivity index (χ3v) is 0. The predicted octanol–water partition coefficient (Wildman–Crippen LogP) is 0.773. The van der Waals surface area contributed by atoms with Gasteiger partial charge in [0.25, 0.3) is 0 Å². The third-order valence-electron chi connectivity index (χ3n) is 0. The molecule has 0 aliphatic carbocycles. The average Bonchev–Trinajstić information content (AvgIpc) is 0.811. The summed E-state index contributed by atoms with van der Waals surface area (Å²) in [6.07, 6.45) is 0. The van der Waals surface area contributed by atoms with Crippen molar-refractivity contribution in [2.24, 2.45) is 0 Å². The van der Waals surface area contributed by atoms with Crippen molar-refractivity contribution in [2.75, 3.05) is 0 Å². The first-order chi connectivity index (χ1) is 1.73. The minimum atomic E-state index is -1.75. The molecule has 0 fully saturated rings. The van der Waals surface area contributed by atoms with E-state index in [1.165, 1.54) is 0 Å². The fourth-order valence-electron chi connectivity index (χ4n) is 0. The molecule has 5 nitrogen and oxygen atoms in total. The topological polar surface area (TPSA) is 103 Å². The Bertz CT molecular complexity index is 31.8. The smallest absolute Gasteiger partial charge is 0.0689 e. The Morgan fingerprint density at radius 2 is 1.33 bits per heavy atom. The van der Waals surface area contributed by atoms with Crippen LogP contribution in [0, 0.1) is 15.3 Å². The molecule has 0 heterocycles. The molecule has 0 radical (unpaired) electrons. The molecule has 0 aliphatic heterocycles. The van der Waals surface area contributed by atoms with Gasteiger partial charge in [0, 0.05) is 0 Å². The van der Waals surface area contributed by atoms with Crippen LogP contribution in [-0.2, 0) is 0 Å². The van der Waals surface area contributed by atoms with Crippen molar-refractivity contribution >= 4 is 0 Å². The van der Waals surface area contributed by atoms with Gasteiger partial charge in [0.05, 0.1) is 5.09 Å². The first kappa shape index (κ1) is 19.1. The van der Waals surface area contributed by atoms with Crippen molar-refractivity contribution in [3.8, 4) is 0 Å². The summed E-state index contributed by atoms with van der Waals surface area (Å²) in [5, 5.41) is 14.8. The second-order valence-corrected chi connectivity index (χ2v) is 0.224. The number of rotatable bonds is 0. The quantitative estimate of drug-likeness (QED) is 0.355. The Balaban J connectivity index is -0.0000000450. The zero-order chi connectivity index (χ0) is 3.58. The fourth-order valence-corrected chi connectivity index (χ4v) is 0. The van der Waals surface area contributed by atoms with E-state index in [9.17, 15) is 0 Å². The van der Waals surface area contributed by atoms with Gasteiger partial charge in [-0.05, 0) is 0 Å². The standard InChI is InChI=1S/CH4.NO3.H3N/c;2-1(3)4;/h1H4;;1H3/q;-1;/p+1. The first-order valence-corrected chi connectivity index (χ1v) is 0.548. The maximum Gasteiger partial charge on any atom is 0.0689 e. The van der Waals surface area contributed by atoms with Crippen molar-refractivity contribution in [3.63, 3.8) is 0 Å². The molecule has 0 bridgehead atoms. The van der Waals surface area contributed by atoms with Crippen molar-refractivity contribution < 1.29 is 5.09 Å². The maximum absolute atomic E-state index is 8.25. The molecule has 4 N–H and O–H groups in total. The summed E-state index contributed by atoms with van der Waals surface area (Å²) in [6.45, 7) is 0. The molecule has 0 amide bonds. The van der Waals surface area contributed by atoms with E-state index in [0.29, 0.717) is 0 Å². The number of hydrogen-bond acceptors (Lipinski definition) is 3. The number of quaternary nitrogens is 1. The monoisotopic (exact) mass is 96.1 g/mol. The van der Waals surface area contributed by atoms with Gasteiger partial charge in [-0.2, -0.15) is 0 Å². The first-order valence-electron chi connectivity index (χ1n) is 0.548. The highest BCUT2D eigenvalue weighted by Gasteiger charge is 1.45. The Labute approximate surface area is 35.3 Å². The van der Waals surface area contributed by atoms with E-state index in [2.05, 4.69) is 0 Å². The van der Waals surface area contributed by atoms with Crippen LogP contribution in [0.1, 0.15) is 7.43 Å². The molecular formula is CH8N2O3. The molecule has 0 aliphatic rings. The molecule has 0 unspecified atom stereocenters. The molecular weight excluding hydrogens is 88.0 g/mol. The van der Waals surface area contributed by atoms with E-state index in [-0.39, 0.29) is 13.6 Å². The van der Waals surface area contributed by atoms with E-state index in [1.54, 1.807) is 0 Å². The van der Waals surface area contributed by atoms with E-state index in [4.69, 9.17) is 15.3 Å². The minimum Gasteiger partial charge on any atom is -0.369 e. The Kier molecular flexibility index (Phi) is 28.4. The molecule has 40 valence electrons. The van der Waals surface area contributed by atoms with Gasteiger partial charge in [0.1, 0.15) is 0 Å². The van der Waals surface area contributed by atoms with Gasteiger partial charge in [0.15, 0.2) is 0 Å². The highest BCUT2D eigenvalue weighted by atomic mass is 16.9. The third kappa shape index (κ3) is 20.9. The molecule has 0 rings (SSSR count). The molecule has 0 spiro atoms. The predicted molar refractivity (Wildman–Crippen MR) is 23.1 cm³/mol. The van der Waals surface area contributed by atoms with Crippen LogP contribution in [0.4, 0.5) is 0 Å². The van der Waals surface area contributed by atoms with Crippen LogP contribution < -0.4 is 6.15 Å². The van der Waals surface area contributed by atoms with Crippen molar-refractivity contribution in [2.45, 2.75) is 7.43 Å². The van der Waals surface area contributed by atoms with Crippen molar-refractivity contribution in [1.82, 2.24) is 6.15 Å². The highest BCUT2D eigenvalue weighted by molar-refractivity contribution is 4.03. The second kappa shape index (κ2) is 8.90. The summed E-state index contributed by atoms with van der Waals surface area (Å²) < 4.78 is 0. The van der Waals surface area contributed by atoms with Crippen LogP contribution in [0.2, 0.25) is 0 Å². The molecule has 5 heteroatoms. The Morgan fingerprint density at radius 3 is 1.33 bits per heavy atom. The minimum absolute atomic E-state index is 0. The lowest BCUT2D eigenvalue weighted by molar-refractivity contribution is -0.402.